The van der Waals surface area contributed by atoms with E-state index in [2.05, 4.69) is 20.3 Å². The summed E-state index contributed by atoms with van der Waals surface area (Å²) in [7, 11) is 1.84. The van der Waals surface area contributed by atoms with E-state index in [0.717, 1.165) is 16.4 Å². The highest BCUT2D eigenvalue weighted by Gasteiger charge is 2.13. The van der Waals surface area contributed by atoms with E-state index in [9.17, 15) is 0 Å². The Bertz CT molecular complexity index is 636. The van der Waals surface area contributed by atoms with Crippen LogP contribution in [-0.2, 0) is 7.05 Å². The average Bonchev–Trinajstić information content (AvgIpc) is 2.97. The minimum absolute atomic E-state index is 0.445. The van der Waals surface area contributed by atoms with Crippen molar-refractivity contribution in [2.75, 3.05) is 5.73 Å². The van der Waals surface area contributed by atoms with Crippen LogP contribution >= 0.6 is 11.3 Å². The molecule has 6 nitrogen and oxygen atoms in total. The van der Waals surface area contributed by atoms with Crippen molar-refractivity contribution >= 4 is 17.2 Å². The number of thiophene rings is 1. The van der Waals surface area contributed by atoms with Crippen molar-refractivity contribution in [2.24, 2.45) is 7.05 Å². The monoisotopic (exact) mass is 246 g/mol. The molecule has 0 atom stereocenters. The second kappa shape index (κ2) is 3.70. The highest BCUT2D eigenvalue weighted by atomic mass is 32.1. The van der Waals surface area contributed by atoms with Crippen molar-refractivity contribution in [3.63, 3.8) is 0 Å². The van der Waals surface area contributed by atoms with E-state index in [1.807, 2.05) is 24.6 Å². The van der Waals surface area contributed by atoms with Crippen LogP contribution in [0.3, 0.4) is 0 Å². The number of nitrogens with zero attached hydrogens (tertiary/aromatic N) is 4. The molecule has 0 spiro atoms. The van der Waals surface area contributed by atoms with Gasteiger partial charge >= 0.3 is 0 Å². The molecular weight excluding hydrogens is 236 g/mol. The normalized spacial score (nSPS) is 10.9. The molecule has 0 amide bonds. The Labute approximate surface area is 101 Å². The number of anilines is 1. The maximum atomic E-state index is 5.57. The zero-order valence-electron chi connectivity index (χ0n) is 9.08. The van der Waals surface area contributed by atoms with Crippen LogP contribution in [0.1, 0.15) is 0 Å². The quantitative estimate of drug-likeness (QED) is 0.717. The van der Waals surface area contributed by atoms with Crippen molar-refractivity contribution in [2.45, 2.75) is 0 Å². The van der Waals surface area contributed by atoms with E-state index in [-0.39, 0.29) is 0 Å². The van der Waals surface area contributed by atoms with Crippen LogP contribution in [0.2, 0.25) is 0 Å². The third-order valence-corrected chi connectivity index (χ3v) is 3.21. The van der Waals surface area contributed by atoms with E-state index >= 15 is 0 Å². The number of hydrogen-bond acceptors (Lipinski definition) is 5. The second-order valence-corrected chi connectivity index (χ2v) is 4.51. The highest BCUT2D eigenvalue weighted by molar-refractivity contribution is 7.13. The van der Waals surface area contributed by atoms with Crippen molar-refractivity contribution in [1.82, 2.24) is 25.0 Å². The van der Waals surface area contributed by atoms with Crippen molar-refractivity contribution in [3.8, 4) is 22.2 Å². The highest BCUT2D eigenvalue weighted by Crippen LogP contribution is 2.24. The summed E-state index contributed by atoms with van der Waals surface area (Å²) < 4.78 is 1.71. The van der Waals surface area contributed by atoms with Gasteiger partial charge in [-0.3, -0.25) is 5.10 Å². The fourth-order valence-electron chi connectivity index (χ4n) is 1.58. The van der Waals surface area contributed by atoms with Crippen LogP contribution in [-0.4, -0.2) is 25.0 Å². The number of aryl methyl sites for hydroxylation is 1. The molecule has 0 saturated carbocycles. The maximum Gasteiger partial charge on any atom is 0.191 e. The Balaban J connectivity index is 2.07. The first-order chi connectivity index (χ1) is 8.24. The molecule has 3 aromatic rings. The summed E-state index contributed by atoms with van der Waals surface area (Å²) >= 11 is 1.61. The molecule has 0 aromatic carbocycles. The Kier molecular flexibility index (Phi) is 2.19. The van der Waals surface area contributed by atoms with Gasteiger partial charge in [-0.15, -0.1) is 16.4 Å². The molecule has 7 heteroatoms. The van der Waals surface area contributed by atoms with Crippen molar-refractivity contribution < 1.29 is 0 Å². The third kappa shape index (κ3) is 1.70. The molecule has 3 heterocycles. The van der Waals surface area contributed by atoms with Crippen molar-refractivity contribution in [3.05, 3.63) is 23.6 Å². The topological polar surface area (TPSA) is 85.4 Å². The predicted octanol–water partition coefficient (Wildman–Crippen LogP) is 1.52. The van der Waals surface area contributed by atoms with Crippen LogP contribution in [0.15, 0.2) is 23.6 Å². The van der Waals surface area contributed by atoms with E-state index in [1.165, 1.54) is 0 Å². The lowest BCUT2D eigenvalue weighted by atomic mass is 10.4. The van der Waals surface area contributed by atoms with Gasteiger partial charge in [0.25, 0.3) is 0 Å². The molecule has 0 unspecified atom stereocenters. The standard InChI is InChI=1S/C10H10N6S/c1-16-10(6-5-8(11)14-13-6)12-9(15-16)7-3-2-4-17-7/h2-5H,1H3,(H3,11,13,14). The number of aromatic amines is 1. The van der Waals surface area contributed by atoms with Crippen LogP contribution < -0.4 is 5.73 Å². The smallest absolute Gasteiger partial charge is 0.191 e. The van der Waals surface area contributed by atoms with Gasteiger partial charge in [0.1, 0.15) is 11.5 Å². The second-order valence-electron chi connectivity index (χ2n) is 3.57. The number of nitrogens with one attached hydrogen (secondary N) is 1. The number of aromatic nitrogens is 5. The van der Waals surface area contributed by atoms with Gasteiger partial charge in [-0.05, 0) is 11.4 Å². The van der Waals surface area contributed by atoms with E-state index in [0.29, 0.717) is 11.6 Å². The lowest BCUT2D eigenvalue weighted by Gasteiger charge is -1.92. The molecule has 0 aliphatic heterocycles. The van der Waals surface area contributed by atoms with Gasteiger partial charge < -0.3 is 5.73 Å². The van der Waals surface area contributed by atoms with Gasteiger partial charge in [0.05, 0.1) is 4.88 Å². The van der Waals surface area contributed by atoms with Gasteiger partial charge in [0.15, 0.2) is 11.6 Å². The molecule has 3 N–H and O–H groups in total. The molecule has 0 radical (unpaired) electrons. The fourth-order valence-corrected chi connectivity index (χ4v) is 2.23. The summed E-state index contributed by atoms with van der Waals surface area (Å²) in [6.45, 7) is 0. The Hall–Kier alpha value is -2.15. The Morgan fingerprint density at radius 3 is 3.00 bits per heavy atom. The number of nitrogen functional groups attached to an aromatic ring is 1. The number of H-pyrrole nitrogens is 1. The van der Waals surface area contributed by atoms with Gasteiger partial charge in [-0.25, -0.2) is 9.67 Å². The molecule has 0 fully saturated rings. The van der Waals surface area contributed by atoms with Crippen molar-refractivity contribution in [1.29, 1.82) is 0 Å². The first kappa shape index (κ1) is 10.0. The zero-order chi connectivity index (χ0) is 11.8. The number of rotatable bonds is 2. The summed E-state index contributed by atoms with van der Waals surface area (Å²) in [6, 6.07) is 5.71. The molecule has 3 aromatic heterocycles. The largest absolute Gasteiger partial charge is 0.382 e. The van der Waals surface area contributed by atoms with Gasteiger partial charge in [-0.2, -0.15) is 5.10 Å². The molecule has 0 bridgehead atoms. The van der Waals surface area contributed by atoms with Crippen LogP contribution in [0.5, 0.6) is 0 Å². The minimum atomic E-state index is 0.445. The molecule has 0 aliphatic rings. The first-order valence-electron chi connectivity index (χ1n) is 5.00. The lowest BCUT2D eigenvalue weighted by Crippen LogP contribution is -1.94. The van der Waals surface area contributed by atoms with Gasteiger partial charge in [-0.1, -0.05) is 6.07 Å². The van der Waals surface area contributed by atoms with E-state index < -0.39 is 0 Å². The summed E-state index contributed by atoms with van der Waals surface area (Å²) in [5, 5.41) is 13.1. The molecule has 3 rings (SSSR count). The molecule has 0 saturated heterocycles. The Morgan fingerprint density at radius 1 is 1.47 bits per heavy atom. The van der Waals surface area contributed by atoms with Gasteiger partial charge in [0, 0.05) is 13.1 Å². The minimum Gasteiger partial charge on any atom is -0.382 e. The van der Waals surface area contributed by atoms with E-state index in [4.69, 9.17) is 5.73 Å². The van der Waals surface area contributed by atoms with Crippen LogP contribution in [0.25, 0.3) is 22.2 Å². The molecule has 0 aliphatic carbocycles. The number of hydrogen-bond donors (Lipinski definition) is 2. The molecule has 17 heavy (non-hydrogen) atoms. The van der Waals surface area contributed by atoms with Gasteiger partial charge in [0.2, 0.25) is 0 Å². The third-order valence-electron chi connectivity index (χ3n) is 2.34. The summed E-state index contributed by atoms with van der Waals surface area (Å²) in [6.07, 6.45) is 0. The van der Waals surface area contributed by atoms with E-state index in [1.54, 1.807) is 22.1 Å². The average molecular weight is 246 g/mol. The number of nitrogens with two attached hydrogens (primary N) is 1. The lowest BCUT2D eigenvalue weighted by molar-refractivity contribution is 0.774. The fraction of sp³-hybridized carbons (Fsp3) is 0.100. The first-order valence-corrected chi connectivity index (χ1v) is 5.88. The molecule has 86 valence electrons. The SMILES string of the molecule is Cn1nc(-c2cccs2)nc1-c1cc(N)n[nH]1. The van der Waals surface area contributed by atoms with Crippen LogP contribution in [0.4, 0.5) is 5.82 Å². The summed E-state index contributed by atoms with van der Waals surface area (Å²) in [5.41, 5.74) is 6.33. The predicted molar refractivity (Wildman–Crippen MR) is 66.3 cm³/mol. The maximum absolute atomic E-state index is 5.57. The Morgan fingerprint density at radius 2 is 2.35 bits per heavy atom. The summed E-state index contributed by atoms with van der Waals surface area (Å²) in [5.74, 6) is 1.88. The van der Waals surface area contributed by atoms with Crippen LogP contribution in [0, 0.1) is 0 Å². The zero-order valence-corrected chi connectivity index (χ0v) is 9.90. The summed E-state index contributed by atoms with van der Waals surface area (Å²) in [4.78, 5) is 5.51. The molecular formula is C10H10N6S.